The molecule has 1 fully saturated rings. The predicted octanol–water partition coefficient (Wildman–Crippen LogP) is 0.287. The van der Waals surface area contributed by atoms with E-state index >= 15 is 0 Å². The number of halogens is 1. The second-order valence-corrected chi connectivity index (χ2v) is 6.06. The number of hydrogen-bond acceptors (Lipinski definition) is 4. The third kappa shape index (κ3) is 3.42. The highest BCUT2D eigenvalue weighted by Crippen LogP contribution is 2.10. The molecule has 1 saturated heterocycles. The summed E-state index contributed by atoms with van der Waals surface area (Å²) in [4.78, 5) is 16.4. The smallest absolute Gasteiger partial charge is 0.276 e. The molecule has 1 amide bonds. The van der Waals surface area contributed by atoms with Crippen molar-refractivity contribution in [3.63, 3.8) is 0 Å². The summed E-state index contributed by atoms with van der Waals surface area (Å²) in [6.07, 6.45) is 1.66. The van der Waals surface area contributed by atoms with Gasteiger partial charge < -0.3 is 9.80 Å². The molecule has 1 N–H and O–H groups in total. The van der Waals surface area contributed by atoms with Crippen molar-refractivity contribution in [2.24, 2.45) is 7.05 Å². The maximum atomic E-state index is 12.2. The average Bonchev–Trinajstić information content (AvgIpc) is 2.69. The zero-order valence-electron chi connectivity index (χ0n) is 10.9. The van der Waals surface area contributed by atoms with Crippen LogP contribution in [0, 0.1) is 3.57 Å². The lowest BCUT2D eigenvalue weighted by Gasteiger charge is -2.33. The minimum atomic E-state index is -0.201. The van der Waals surface area contributed by atoms with Crippen LogP contribution in [0.15, 0.2) is 6.20 Å². The molecule has 19 heavy (non-hydrogen) atoms. The molecular weight excluding hydrogens is 377 g/mol. The van der Waals surface area contributed by atoms with E-state index in [4.69, 9.17) is 12.2 Å². The normalized spacial score (nSPS) is 16.5. The van der Waals surface area contributed by atoms with E-state index in [0.717, 1.165) is 29.7 Å². The highest BCUT2D eigenvalue weighted by molar-refractivity contribution is 14.1. The third-order valence-electron chi connectivity index (χ3n) is 3.12. The van der Waals surface area contributed by atoms with E-state index in [1.807, 2.05) is 4.90 Å². The summed E-state index contributed by atoms with van der Waals surface area (Å²) in [5.41, 5.74) is 0.539. The van der Waals surface area contributed by atoms with Crippen LogP contribution in [0.1, 0.15) is 10.5 Å². The van der Waals surface area contributed by atoms with Gasteiger partial charge in [0.05, 0.1) is 9.77 Å². The molecule has 6 nitrogen and oxygen atoms in total. The second-order valence-electron chi connectivity index (χ2n) is 4.51. The van der Waals surface area contributed by atoms with Crippen molar-refractivity contribution in [2.45, 2.75) is 0 Å². The maximum Gasteiger partial charge on any atom is 0.276 e. The zero-order valence-corrected chi connectivity index (χ0v) is 13.9. The number of nitrogens with zero attached hydrogens (tertiary/aromatic N) is 4. The lowest BCUT2D eigenvalue weighted by atomic mass is 10.3. The Balaban J connectivity index is 1.98. The van der Waals surface area contributed by atoms with Crippen LogP contribution >= 0.6 is 34.8 Å². The highest BCUT2D eigenvalue weighted by Gasteiger charge is 2.21. The van der Waals surface area contributed by atoms with Crippen molar-refractivity contribution in [1.29, 1.82) is 0 Å². The monoisotopic (exact) mass is 393 g/mol. The summed E-state index contributed by atoms with van der Waals surface area (Å²) in [7, 11) is 3.83. The van der Waals surface area contributed by atoms with Crippen molar-refractivity contribution < 1.29 is 4.79 Å². The fraction of sp³-hybridized carbons (Fsp3) is 0.545. The van der Waals surface area contributed by atoms with E-state index in [1.165, 1.54) is 0 Å². The Morgan fingerprint density at radius 2 is 2.00 bits per heavy atom. The van der Waals surface area contributed by atoms with E-state index in [0.29, 0.717) is 10.8 Å². The maximum absolute atomic E-state index is 12.2. The number of piperazine rings is 1. The van der Waals surface area contributed by atoms with Crippen LogP contribution in [-0.2, 0) is 7.05 Å². The number of rotatable bonds is 1. The van der Waals surface area contributed by atoms with Gasteiger partial charge in [-0.3, -0.25) is 14.8 Å². The lowest BCUT2D eigenvalue weighted by molar-refractivity contribution is 0.0960. The van der Waals surface area contributed by atoms with Crippen LogP contribution in [-0.4, -0.2) is 63.8 Å². The highest BCUT2D eigenvalue weighted by atomic mass is 127. The Labute approximate surface area is 131 Å². The molecule has 0 atom stereocenters. The lowest BCUT2D eigenvalue weighted by Crippen LogP contribution is -2.51. The van der Waals surface area contributed by atoms with E-state index in [2.05, 4.69) is 45.0 Å². The average molecular weight is 393 g/mol. The van der Waals surface area contributed by atoms with E-state index in [-0.39, 0.29) is 5.91 Å². The number of nitrogens with one attached hydrogen (secondary N) is 1. The van der Waals surface area contributed by atoms with Gasteiger partial charge >= 0.3 is 0 Å². The molecule has 2 rings (SSSR count). The quantitative estimate of drug-likeness (QED) is 0.549. The van der Waals surface area contributed by atoms with E-state index in [9.17, 15) is 4.79 Å². The van der Waals surface area contributed by atoms with Crippen molar-refractivity contribution in [2.75, 3.05) is 33.2 Å². The molecule has 0 saturated carbocycles. The molecule has 0 spiro atoms. The van der Waals surface area contributed by atoms with Crippen LogP contribution in [0.3, 0.4) is 0 Å². The molecule has 8 heteroatoms. The molecule has 0 bridgehead atoms. The van der Waals surface area contributed by atoms with Gasteiger partial charge in [0.15, 0.2) is 5.11 Å². The van der Waals surface area contributed by atoms with Gasteiger partial charge in [0.1, 0.15) is 5.69 Å². The summed E-state index contributed by atoms with van der Waals surface area (Å²) in [5.74, 6) is -0.201. The van der Waals surface area contributed by atoms with Crippen LogP contribution in [0.25, 0.3) is 0 Å². The first-order valence-corrected chi connectivity index (χ1v) is 7.44. The third-order valence-corrected chi connectivity index (χ3v) is 4.27. The summed E-state index contributed by atoms with van der Waals surface area (Å²) in [6.45, 7) is 3.61. The molecule has 1 aromatic heterocycles. The van der Waals surface area contributed by atoms with Crippen molar-refractivity contribution in [3.8, 4) is 0 Å². The number of carbonyl (C=O) groups is 1. The molecule has 1 aliphatic rings. The fourth-order valence-corrected chi connectivity index (χ4v) is 2.90. The van der Waals surface area contributed by atoms with Crippen LogP contribution in [0.5, 0.6) is 0 Å². The molecule has 0 aliphatic carbocycles. The van der Waals surface area contributed by atoms with Gasteiger partial charge in [0, 0.05) is 33.2 Å². The summed E-state index contributed by atoms with van der Waals surface area (Å²) in [5, 5.41) is 7.33. The number of thiocarbonyl (C=S) groups is 1. The Hall–Kier alpha value is -0.740. The van der Waals surface area contributed by atoms with Gasteiger partial charge in [0.25, 0.3) is 5.91 Å². The van der Waals surface area contributed by atoms with E-state index in [1.54, 1.807) is 17.9 Å². The van der Waals surface area contributed by atoms with Crippen molar-refractivity contribution in [1.82, 2.24) is 24.9 Å². The molecular formula is C11H16IN5OS. The molecule has 0 radical (unpaired) electrons. The number of aryl methyl sites for hydroxylation is 1. The zero-order chi connectivity index (χ0) is 14.0. The number of likely N-dealkylation sites (N-methyl/N-ethyl adjacent to an activating group) is 1. The van der Waals surface area contributed by atoms with Crippen LogP contribution in [0.4, 0.5) is 0 Å². The molecule has 1 aliphatic heterocycles. The Morgan fingerprint density at radius 3 is 2.53 bits per heavy atom. The first-order chi connectivity index (χ1) is 8.99. The number of hydrogen-bond donors (Lipinski definition) is 1. The molecule has 0 aromatic carbocycles. The van der Waals surface area contributed by atoms with Gasteiger partial charge in [-0.1, -0.05) is 0 Å². The number of carbonyl (C=O) groups excluding carboxylic acids is 1. The summed E-state index contributed by atoms with van der Waals surface area (Å²) in [6, 6.07) is 0. The summed E-state index contributed by atoms with van der Waals surface area (Å²) >= 11 is 7.39. The minimum Gasteiger partial charge on any atom is -0.346 e. The molecule has 2 heterocycles. The summed E-state index contributed by atoms with van der Waals surface area (Å²) < 4.78 is 2.38. The fourth-order valence-electron chi connectivity index (χ4n) is 1.91. The molecule has 0 unspecified atom stereocenters. The van der Waals surface area contributed by atoms with Crippen LogP contribution in [0.2, 0.25) is 0 Å². The first kappa shape index (κ1) is 14.7. The van der Waals surface area contributed by atoms with E-state index < -0.39 is 0 Å². The second kappa shape index (κ2) is 6.14. The minimum absolute atomic E-state index is 0.201. The van der Waals surface area contributed by atoms with Gasteiger partial charge in [0.2, 0.25) is 0 Å². The first-order valence-electron chi connectivity index (χ1n) is 5.95. The Bertz CT molecular complexity index is 476. The molecule has 1 aromatic rings. The van der Waals surface area contributed by atoms with Crippen LogP contribution < -0.4 is 5.32 Å². The van der Waals surface area contributed by atoms with Gasteiger partial charge in [-0.2, -0.15) is 5.10 Å². The molecule has 104 valence electrons. The van der Waals surface area contributed by atoms with Gasteiger partial charge in [-0.15, -0.1) is 0 Å². The number of aromatic nitrogens is 2. The topological polar surface area (TPSA) is 53.4 Å². The predicted molar refractivity (Wildman–Crippen MR) is 85.1 cm³/mol. The Kier molecular flexibility index (Phi) is 4.74. The van der Waals surface area contributed by atoms with Crippen molar-refractivity contribution in [3.05, 3.63) is 15.5 Å². The standard InChI is InChI=1S/C11H16IN5OS/c1-15-3-5-17(6-4-15)11(19)14-10(18)9-8(12)7-13-16(9)2/h7H,3-6H2,1-2H3,(H,14,18,19). The van der Waals surface area contributed by atoms with Crippen molar-refractivity contribution >= 4 is 45.8 Å². The van der Waals surface area contributed by atoms with Gasteiger partial charge in [-0.05, 0) is 41.9 Å². The largest absolute Gasteiger partial charge is 0.346 e. The van der Waals surface area contributed by atoms with Gasteiger partial charge in [-0.25, -0.2) is 0 Å². The Morgan fingerprint density at radius 1 is 1.37 bits per heavy atom. The SMILES string of the molecule is CN1CCN(C(=S)NC(=O)c2c(I)cnn2C)CC1. The number of amides is 1.